The van der Waals surface area contributed by atoms with Crippen LogP contribution in [0.4, 0.5) is 17.1 Å². The number of nitrogens with one attached hydrogen (secondary N) is 1. The molecule has 6 nitrogen and oxygen atoms in total. The van der Waals surface area contributed by atoms with Crippen LogP contribution in [0.25, 0.3) is 0 Å². The van der Waals surface area contributed by atoms with Gasteiger partial charge in [-0.25, -0.2) is 0 Å². The minimum absolute atomic E-state index is 0.0697. The number of anilines is 3. The molecule has 0 saturated carbocycles. The van der Waals surface area contributed by atoms with E-state index < -0.39 is 5.92 Å². The zero-order chi connectivity index (χ0) is 20.4. The second-order valence-corrected chi connectivity index (χ2v) is 7.21. The van der Waals surface area contributed by atoms with Gasteiger partial charge in [0, 0.05) is 37.6 Å². The monoisotopic (exact) mass is 379 g/mol. The third kappa shape index (κ3) is 3.91. The summed E-state index contributed by atoms with van der Waals surface area (Å²) >= 11 is 0. The van der Waals surface area contributed by atoms with E-state index in [0.29, 0.717) is 18.7 Å². The van der Waals surface area contributed by atoms with Gasteiger partial charge in [-0.15, -0.1) is 0 Å². The lowest BCUT2D eigenvalue weighted by Crippen LogP contribution is -2.33. The summed E-state index contributed by atoms with van der Waals surface area (Å²) in [4.78, 5) is 40.0. The zero-order valence-corrected chi connectivity index (χ0v) is 16.7. The predicted octanol–water partition coefficient (Wildman–Crippen LogP) is 3.28. The average molecular weight is 379 g/mol. The van der Waals surface area contributed by atoms with Crippen molar-refractivity contribution in [1.29, 1.82) is 0 Å². The van der Waals surface area contributed by atoms with Gasteiger partial charge in [-0.2, -0.15) is 0 Å². The number of nitrogens with zero attached hydrogens (tertiary/aromatic N) is 2. The van der Waals surface area contributed by atoms with Crippen LogP contribution in [0.2, 0.25) is 0 Å². The van der Waals surface area contributed by atoms with Gasteiger partial charge in [0.25, 0.3) is 0 Å². The molecule has 2 aromatic rings. The van der Waals surface area contributed by atoms with Crippen molar-refractivity contribution in [3.05, 3.63) is 53.6 Å². The van der Waals surface area contributed by atoms with Crippen LogP contribution in [0.5, 0.6) is 0 Å². The highest BCUT2D eigenvalue weighted by Crippen LogP contribution is 2.28. The molecule has 1 N–H and O–H groups in total. The molecule has 28 heavy (non-hydrogen) atoms. The third-order valence-corrected chi connectivity index (χ3v) is 5.32. The highest BCUT2D eigenvalue weighted by molar-refractivity contribution is 6.13. The van der Waals surface area contributed by atoms with E-state index in [2.05, 4.69) is 5.32 Å². The fraction of sp³-hybridized carbons (Fsp3) is 0.318. The van der Waals surface area contributed by atoms with Crippen molar-refractivity contribution >= 4 is 34.8 Å². The van der Waals surface area contributed by atoms with Gasteiger partial charge < -0.3 is 15.1 Å². The van der Waals surface area contributed by atoms with Crippen LogP contribution < -0.4 is 15.1 Å². The Labute approximate surface area is 165 Å². The molecule has 3 rings (SSSR count). The number of amides is 3. The van der Waals surface area contributed by atoms with Gasteiger partial charge in [-0.1, -0.05) is 6.07 Å². The van der Waals surface area contributed by atoms with E-state index in [0.717, 1.165) is 16.9 Å². The van der Waals surface area contributed by atoms with Crippen LogP contribution in [0.3, 0.4) is 0 Å². The highest BCUT2D eigenvalue weighted by atomic mass is 16.2. The van der Waals surface area contributed by atoms with E-state index in [1.807, 2.05) is 32.0 Å². The number of rotatable bonds is 4. The maximum Gasteiger partial charge on any atom is 0.239 e. The summed E-state index contributed by atoms with van der Waals surface area (Å²) in [5, 5.41) is 2.81. The molecule has 0 aromatic heterocycles. The molecule has 0 radical (unpaired) electrons. The largest absolute Gasteiger partial charge is 0.325 e. The van der Waals surface area contributed by atoms with Crippen molar-refractivity contribution in [3.63, 3.8) is 0 Å². The molecule has 1 aliphatic heterocycles. The Morgan fingerprint density at radius 3 is 2.36 bits per heavy atom. The molecule has 1 unspecified atom stereocenters. The van der Waals surface area contributed by atoms with Gasteiger partial charge in [-0.05, 0) is 67.8 Å². The lowest BCUT2D eigenvalue weighted by atomic mass is 10.1. The van der Waals surface area contributed by atoms with E-state index in [9.17, 15) is 14.4 Å². The first-order valence-corrected chi connectivity index (χ1v) is 9.32. The number of benzene rings is 2. The van der Waals surface area contributed by atoms with Gasteiger partial charge in [0.1, 0.15) is 5.92 Å². The summed E-state index contributed by atoms with van der Waals surface area (Å²) in [5.41, 5.74) is 4.46. The second-order valence-electron chi connectivity index (χ2n) is 7.21. The van der Waals surface area contributed by atoms with Crippen molar-refractivity contribution in [2.24, 2.45) is 5.92 Å². The summed E-state index contributed by atoms with van der Waals surface area (Å²) in [6.07, 6.45) is 0.489. The smallest absolute Gasteiger partial charge is 0.239 e. The van der Waals surface area contributed by atoms with Gasteiger partial charge in [-0.3, -0.25) is 14.4 Å². The van der Waals surface area contributed by atoms with E-state index in [1.54, 1.807) is 36.2 Å². The van der Waals surface area contributed by atoms with Crippen molar-refractivity contribution < 1.29 is 14.4 Å². The van der Waals surface area contributed by atoms with Crippen LogP contribution >= 0.6 is 0 Å². The normalized spacial score (nSPS) is 16.2. The quantitative estimate of drug-likeness (QED) is 0.829. The molecule has 0 aliphatic carbocycles. The molecule has 0 bridgehead atoms. The van der Waals surface area contributed by atoms with Crippen molar-refractivity contribution in [2.45, 2.75) is 27.2 Å². The van der Waals surface area contributed by atoms with Crippen LogP contribution in [0, 0.1) is 19.8 Å². The minimum atomic E-state index is -0.693. The van der Waals surface area contributed by atoms with Crippen LogP contribution in [-0.4, -0.2) is 31.3 Å². The fourth-order valence-electron chi connectivity index (χ4n) is 3.25. The van der Waals surface area contributed by atoms with E-state index in [4.69, 9.17) is 0 Å². The van der Waals surface area contributed by atoms with Gasteiger partial charge in [0.2, 0.25) is 17.7 Å². The Kier molecular flexibility index (Phi) is 5.49. The SMILES string of the molecule is CC(=O)N(C)c1ccc(NC(=O)C2CCN(c3ccc(C)c(C)c3)C2=O)cc1. The maximum absolute atomic E-state index is 12.8. The average Bonchev–Trinajstić information content (AvgIpc) is 3.05. The van der Waals surface area contributed by atoms with Crippen LogP contribution in [0.15, 0.2) is 42.5 Å². The molecule has 146 valence electrons. The molecular formula is C22H25N3O3. The molecule has 6 heteroatoms. The van der Waals surface area contributed by atoms with E-state index in [1.165, 1.54) is 17.4 Å². The zero-order valence-electron chi connectivity index (χ0n) is 16.7. The highest BCUT2D eigenvalue weighted by Gasteiger charge is 2.37. The number of hydrogen-bond acceptors (Lipinski definition) is 3. The summed E-state index contributed by atoms with van der Waals surface area (Å²) in [6.45, 7) is 6.06. The number of carbonyl (C=O) groups is 3. The molecule has 1 atom stereocenters. The van der Waals surface area contributed by atoms with Gasteiger partial charge in [0.05, 0.1) is 0 Å². The van der Waals surface area contributed by atoms with Crippen LogP contribution in [-0.2, 0) is 14.4 Å². The molecule has 1 fully saturated rings. The molecule has 1 saturated heterocycles. The van der Waals surface area contributed by atoms with Crippen molar-refractivity contribution in [1.82, 2.24) is 0 Å². The lowest BCUT2D eigenvalue weighted by molar-refractivity contribution is -0.129. The summed E-state index contributed by atoms with van der Waals surface area (Å²) < 4.78 is 0. The second kappa shape index (κ2) is 7.84. The summed E-state index contributed by atoms with van der Waals surface area (Å²) in [7, 11) is 1.69. The van der Waals surface area contributed by atoms with E-state index in [-0.39, 0.29) is 17.7 Å². The van der Waals surface area contributed by atoms with Crippen molar-refractivity contribution in [2.75, 3.05) is 28.7 Å². The number of carbonyl (C=O) groups excluding carboxylic acids is 3. The Balaban J connectivity index is 1.67. The fourth-order valence-corrected chi connectivity index (χ4v) is 3.25. The Morgan fingerprint density at radius 1 is 1.07 bits per heavy atom. The maximum atomic E-state index is 12.8. The minimum Gasteiger partial charge on any atom is -0.325 e. The van der Waals surface area contributed by atoms with Gasteiger partial charge in [0.15, 0.2) is 0 Å². The first-order valence-electron chi connectivity index (χ1n) is 9.32. The lowest BCUT2D eigenvalue weighted by Gasteiger charge is -2.18. The van der Waals surface area contributed by atoms with Crippen LogP contribution in [0.1, 0.15) is 24.5 Å². The molecular weight excluding hydrogens is 354 g/mol. The molecule has 1 aliphatic rings. The Bertz CT molecular complexity index is 921. The number of aryl methyl sites for hydroxylation is 2. The summed E-state index contributed by atoms with van der Waals surface area (Å²) in [5.74, 6) is -1.24. The molecule has 1 heterocycles. The standard InChI is InChI=1S/C22H25N3O3/c1-14-5-8-19(13-15(14)2)25-12-11-20(22(25)28)21(27)23-17-6-9-18(10-7-17)24(4)16(3)26/h5-10,13,20H,11-12H2,1-4H3,(H,23,27). The molecule has 2 aromatic carbocycles. The Hall–Kier alpha value is -3.15. The molecule has 3 amide bonds. The summed E-state index contributed by atoms with van der Waals surface area (Å²) in [6, 6.07) is 12.9. The van der Waals surface area contributed by atoms with Gasteiger partial charge >= 0.3 is 0 Å². The topological polar surface area (TPSA) is 69.7 Å². The third-order valence-electron chi connectivity index (χ3n) is 5.32. The molecule has 0 spiro atoms. The van der Waals surface area contributed by atoms with Crippen molar-refractivity contribution in [3.8, 4) is 0 Å². The number of hydrogen-bond donors (Lipinski definition) is 1. The predicted molar refractivity (Wildman–Crippen MR) is 111 cm³/mol. The first kappa shape index (κ1) is 19.6. The Morgan fingerprint density at radius 2 is 1.75 bits per heavy atom. The first-order chi connectivity index (χ1) is 13.3. The van der Waals surface area contributed by atoms with E-state index >= 15 is 0 Å².